The number of carbonyl (C=O) groups excluding carboxylic acids is 4. The summed E-state index contributed by atoms with van der Waals surface area (Å²) in [6.45, 7) is 5.03. The van der Waals surface area contributed by atoms with E-state index in [9.17, 15) is 19.2 Å². The van der Waals surface area contributed by atoms with E-state index < -0.39 is 36.3 Å². The average molecular weight is 408 g/mol. The first-order chi connectivity index (χ1) is 14.3. The Morgan fingerprint density at radius 2 is 1.53 bits per heavy atom. The number of carbonyl (C=O) groups is 4. The van der Waals surface area contributed by atoms with Gasteiger partial charge in [-0.15, -0.1) is 0 Å². The number of para-hydroxylation sites is 1. The molecule has 0 saturated carbocycles. The molecule has 0 spiro atoms. The van der Waals surface area contributed by atoms with Crippen LogP contribution in [0.2, 0.25) is 0 Å². The summed E-state index contributed by atoms with van der Waals surface area (Å²) in [6.07, 6.45) is -0.171. The summed E-state index contributed by atoms with van der Waals surface area (Å²) in [6, 6.07) is 13.8. The molecule has 3 amide bonds. The van der Waals surface area contributed by atoms with Crippen LogP contribution < -0.4 is 5.32 Å². The van der Waals surface area contributed by atoms with Crippen LogP contribution >= 0.6 is 0 Å². The van der Waals surface area contributed by atoms with Crippen molar-refractivity contribution in [3.05, 3.63) is 65.2 Å². The van der Waals surface area contributed by atoms with Gasteiger partial charge in [0.05, 0.1) is 11.1 Å². The number of fused-ring (bicyclic) bond motifs is 1. The minimum Gasteiger partial charge on any atom is -0.451 e. The van der Waals surface area contributed by atoms with Crippen LogP contribution in [-0.4, -0.2) is 41.2 Å². The van der Waals surface area contributed by atoms with E-state index in [1.54, 1.807) is 18.2 Å². The highest BCUT2D eigenvalue weighted by atomic mass is 16.5. The van der Waals surface area contributed by atoms with E-state index in [2.05, 4.69) is 19.2 Å². The van der Waals surface area contributed by atoms with Crippen molar-refractivity contribution in [2.24, 2.45) is 0 Å². The zero-order valence-corrected chi connectivity index (χ0v) is 17.2. The Morgan fingerprint density at radius 1 is 0.967 bits per heavy atom. The van der Waals surface area contributed by atoms with Crippen LogP contribution in [0.15, 0.2) is 48.5 Å². The molecule has 1 heterocycles. The lowest BCUT2D eigenvalue weighted by Crippen LogP contribution is -2.38. The monoisotopic (exact) mass is 408 g/mol. The third-order valence-electron chi connectivity index (χ3n) is 5.20. The quantitative estimate of drug-likeness (QED) is 0.560. The molecule has 2 aromatic rings. The maximum Gasteiger partial charge on any atom is 0.326 e. The van der Waals surface area contributed by atoms with Crippen molar-refractivity contribution in [1.82, 2.24) is 4.90 Å². The lowest BCUT2D eigenvalue weighted by atomic mass is 9.97. The van der Waals surface area contributed by atoms with Crippen LogP contribution in [0.5, 0.6) is 0 Å². The van der Waals surface area contributed by atoms with Crippen LogP contribution in [0.4, 0.5) is 5.69 Å². The highest BCUT2D eigenvalue weighted by molar-refractivity contribution is 6.22. The van der Waals surface area contributed by atoms with Crippen LogP contribution in [0.1, 0.15) is 59.4 Å². The first kappa shape index (κ1) is 21.2. The van der Waals surface area contributed by atoms with Gasteiger partial charge in [-0.2, -0.15) is 0 Å². The Kier molecular flexibility index (Phi) is 6.30. The zero-order chi connectivity index (χ0) is 21.8. The van der Waals surface area contributed by atoms with E-state index in [1.165, 1.54) is 19.1 Å². The summed E-state index contributed by atoms with van der Waals surface area (Å²) < 4.78 is 5.17. The predicted octanol–water partition coefficient (Wildman–Crippen LogP) is 3.37. The van der Waals surface area contributed by atoms with Crippen molar-refractivity contribution >= 4 is 29.4 Å². The average Bonchev–Trinajstić information content (AvgIpc) is 2.98. The number of imide groups is 1. The van der Waals surface area contributed by atoms with Gasteiger partial charge < -0.3 is 10.1 Å². The van der Waals surface area contributed by atoms with Crippen molar-refractivity contribution < 1.29 is 23.9 Å². The normalized spacial score (nSPS) is 14.8. The second-order valence-electron chi connectivity index (χ2n) is 7.26. The summed E-state index contributed by atoms with van der Waals surface area (Å²) in [5.41, 5.74) is 2.17. The molecule has 0 aliphatic carbocycles. The molecular weight excluding hydrogens is 384 g/mol. The van der Waals surface area contributed by atoms with E-state index in [-0.39, 0.29) is 17.0 Å². The van der Waals surface area contributed by atoms with Crippen LogP contribution in [-0.2, 0) is 14.3 Å². The lowest BCUT2D eigenvalue weighted by molar-refractivity contribution is -0.153. The van der Waals surface area contributed by atoms with Crippen molar-refractivity contribution in [3.8, 4) is 0 Å². The van der Waals surface area contributed by atoms with Crippen molar-refractivity contribution in [3.63, 3.8) is 0 Å². The third-order valence-corrected chi connectivity index (χ3v) is 5.20. The number of hydrogen-bond acceptors (Lipinski definition) is 5. The Balaban J connectivity index is 1.61. The highest BCUT2D eigenvalue weighted by Crippen LogP contribution is 2.27. The molecule has 156 valence electrons. The Labute approximate surface area is 175 Å². The molecule has 2 atom stereocenters. The fraction of sp³-hybridized carbons (Fsp3) is 0.304. The smallest absolute Gasteiger partial charge is 0.326 e. The van der Waals surface area contributed by atoms with Gasteiger partial charge in [0.25, 0.3) is 17.7 Å². The number of rotatable bonds is 7. The van der Waals surface area contributed by atoms with Gasteiger partial charge in [-0.1, -0.05) is 44.2 Å². The van der Waals surface area contributed by atoms with Crippen LogP contribution in [0.3, 0.4) is 0 Å². The van der Waals surface area contributed by atoms with Gasteiger partial charge in [0.2, 0.25) is 0 Å². The SMILES string of the molecule is CCC(C)c1ccccc1NC(=O)C(C)OC(=O)CN1C(=O)c2ccccc2C1=O. The summed E-state index contributed by atoms with van der Waals surface area (Å²) >= 11 is 0. The maximum atomic E-state index is 12.5. The summed E-state index contributed by atoms with van der Waals surface area (Å²) in [5, 5.41) is 2.79. The Bertz CT molecular complexity index is 966. The minimum absolute atomic E-state index is 0.253. The molecule has 0 fully saturated rings. The largest absolute Gasteiger partial charge is 0.451 e. The molecule has 2 unspecified atom stereocenters. The molecule has 1 aliphatic heterocycles. The topological polar surface area (TPSA) is 92.8 Å². The highest BCUT2D eigenvalue weighted by Gasteiger charge is 2.37. The van der Waals surface area contributed by atoms with Crippen molar-refractivity contribution in [2.45, 2.75) is 39.2 Å². The predicted molar refractivity (Wildman–Crippen MR) is 111 cm³/mol. The number of ether oxygens (including phenoxy) is 1. The molecule has 0 aromatic heterocycles. The lowest BCUT2D eigenvalue weighted by Gasteiger charge is -2.19. The fourth-order valence-corrected chi connectivity index (χ4v) is 3.29. The molecule has 0 bridgehead atoms. The minimum atomic E-state index is -1.09. The maximum absolute atomic E-state index is 12.5. The number of anilines is 1. The zero-order valence-electron chi connectivity index (χ0n) is 17.2. The van der Waals surface area contributed by atoms with E-state index in [0.717, 1.165) is 16.9 Å². The Morgan fingerprint density at radius 3 is 2.13 bits per heavy atom. The van der Waals surface area contributed by atoms with Gasteiger partial charge in [-0.25, -0.2) is 0 Å². The number of hydrogen-bond donors (Lipinski definition) is 1. The summed E-state index contributed by atoms with van der Waals surface area (Å²) in [5.74, 6) is -2.16. The molecule has 1 aliphatic rings. The number of benzene rings is 2. The van der Waals surface area contributed by atoms with Gasteiger partial charge in [0.15, 0.2) is 6.10 Å². The molecule has 7 nitrogen and oxygen atoms in total. The van der Waals surface area contributed by atoms with Gasteiger partial charge >= 0.3 is 5.97 Å². The van der Waals surface area contributed by atoms with E-state index >= 15 is 0 Å². The molecule has 30 heavy (non-hydrogen) atoms. The first-order valence-electron chi connectivity index (χ1n) is 9.88. The Hall–Kier alpha value is -3.48. The number of nitrogens with one attached hydrogen (secondary N) is 1. The summed E-state index contributed by atoms with van der Waals surface area (Å²) in [4.78, 5) is 50.3. The molecule has 0 saturated heterocycles. The van der Waals surface area contributed by atoms with Gasteiger partial charge in [0.1, 0.15) is 6.54 Å². The van der Waals surface area contributed by atoms with Crippen molar-refractivity contribution in [1.29, 1.82) is 0 Å². The molecular formula is C23H24N2O5. The fourth-order valence-electron chi connectivity index (χ4n) is 3.29. The first-order valence-corrected chi connectivity index (χ1v) is 9.88. The van der Waals surface area contributed by atoms with E-state index in [1.807, 2.05) is 18.2 Å². The van der Waals surface area contributed by atoms with Gasteiger partial charge in [-0.3, -0.25) is 24.1 Å². The second-order valence-corrected chi connectivity index (χ2v) is 7.26. The van der Waals surface area contributed by atoms with E-state index in [4.69, 9.17) is 4.74 Å². The standard InChI is InChI=1S/C23H24N2O5/c1-4-14(2)16-9-7-8-12-19(16)24-21(27)15(3)30-20(26)13-25-22(28)17-10-5-6-11-18(17)23(25)29/h5-12,14-15H,4,13H2,1-3H3,(H,24,27). The third kappa shape index (κ3) is 4.25. The van der Waals surface area contributed by atoms with E-state index in [0.29, 0.717) is 5.69 Å². The van der Waals surface area contributed by atoms with Crippen molar-refractivity contribution in [2.75, 3.05) is 11.9 Å². The number of amides is 3. The summed E-state index contributed by atoms with van der Waals surface area (Å²) in [7, 11) is 0. The number of nitrogens with zero attached hydrogens (tertiary/aromatic N) is 1. The van der Waals surface area contributed by atoms with Crippen LogP contribution in [0.25, 0.3) is 0 Å². The molecule has 2 aromatic carbocycles. The molecule has 7 heteroatoms. The molecule has 1 N–H and O–H groups in total. The molecule has 3 rings (SSSR count). The molecule has 0 radical (unpaired) electrons. The van der Waals surface area contributed by atoms with Gasteiger partial charge in [0, 0.05) is 5.69 Å². The van der Waals surface area contributed by atoms with Crippen LogP contribution in [0, 0.1) is 0 Å². The number of esters is 1. The van der Waals surface area contributed by atoms with Gasteiger partial charge in [-0.05, 0) is 43.0 Å². The second kappa shape index (κ2) is 8.90.